The Morgan fingerprint density at radius 3 is 2.67 bits per heavy atom. The molecule has 0 aromatic carbocycles. The lowest BCUT2D eigenvalue weighted by molar-refractivity contribution is -0.0904. The summed E-state index contributed by atoms with van der Waals surface area (Å²) in [6, 6.07) is 1.41. The van der Waals surface area contributed by atoms with Crippen molar-refractivity contribution in [1.29, 1.82) is 0 Å². The fraction of sp³-hybridized carbons (Fsp3) is 1.00. The fourth-order valence-corrected chi connectivity index (χ4v) is 3.98. The van der Waals surface area contributed by atoms with Crippen molar-refractivity contribution in [2.75, 3.05) is 19.7 Å². The van der Waals surface area contributed by atoms with Crippen molar-refractivity contribution in [1.82, 2.24) is 4.90 Å². The van der Waals surface area contributed by atoms with Crippen LogP contribution in [0.1, 0.15) is 52.9 Å². The lowest BCUT2D eigenvalue weighted by atomic mass is 9.90. The molecule has 18 heavy (non-hydrogen) atoms. The van der Waals surface area contributed by atoms with E-state index in [0.717, 1.165) is 38.1 Å². The van der Waals surface area contributed by atoms with E-state index in [1.807, 2.05) is 0 Å². The Hall–Kier alpha value is -0.120. The molecule has 0 aromatic rings. The molecule has 3 unspecified atom stereocenters. The molecule has 0 amide bonds. The molecule has 1 heterocycles. The molecule has 0 spiro atoms. The maximum atomic E-state index is 5.95. The summed E-state index contributed by atoms with van der Waals surface area (Å²) in [6.45, 7) is 9.67. The smallest absolute Gasteiger partial charge is 0.0641 e. The summed E-state index contributed by atoms with van der Waals surface area (Å²) in [5.74, 6) is 0.718. The Balaban J connectivity index is 2.03. The molecule has 1 saturated carbocycles. The maximum Gasteiger partial charge on any atom is 0.0641 e. The zero-order valence-electron chi connectivity index (χ0n) is 12.3. The van der Waals surface area contributed by atoms with Gasteiger partial charge in [0.2, 0.25) is 0 Å². The highest BCUT2D eigenvalue weighted by Gasteiger charge is 2.38. The van der Waals surface area contributed by atoms with Gasteiger partial charge >= 0.3 is 0 Å². The normalized spacial score (nSPS) is 36.2. The van der Waals surface area contributed by atoms with E-state index in [1.54, 1.807) is 0 Å². The largest absolute Gasteiger partial charge is 0.375 e. The van der Waals surface area contributed by atoms with Crippen LogP contribution < -0.4 is 5.73 Å². The minimum Gasteiger partial charge on any atom is -0.375 e. The summed E-state index contributed by atoms with van der Waals surface area (Å²) in [5.41, 5.74) is 6.00. The van der Waals surface area contributed by atoms with Crippen LogP contribution in [-0.4, -0.2) is 42.3 Å². The zero-order chi connectivity index (χ0) is 13.2. The topological polar surface area (TPSA) is 38.5 Å². The summed E-state index contributed by atoms with van der Waals surface area (Å²) >= 11 is 0. The van der Waals surface area contributed by atoms with Crippen LogP contribution in [0, 0.1) is 5.92 Å². The summed E-state index contributed by atoms with van der Waals surface area (Å²) in [5, 5.41) is 0. The average molecular weight is 254 g/mol. The van der Waals surface area contributed by atoms with E-state index in [4.69, 9.17) is 10.5 Å². The first-order valence-electron chi connectivity index (χ1n) is 7.67. The molecule has 2 rings (SSSR count). The molecule has 0 radical (unpaired) electrons. The minimum atomic E-state index is 0.0488. The van der Waals surface area contributed by atoms with Crippen molar-refractivity contribution in [2.45, 2.75) is 70.6 Å². The van der Waals surface area contributed by atoms with Crippen molar-refractivity contribution in [3.05, 3.63) is 0 Å². The standard InChI is InChI=1S/C15H30N2O/c1-4-17(14-7-5-6-12(14)11-16)13-8-9-18-15(2,3)10-13/h12-14H,4-11,16H2,1-3H3. The van der Waals surface area contributed by atoms with Gasteiger partial charge < -0.3 is 10.5 Å². The molecule has 1 aliphatic carbocycles. The predicted octanol–water partition coefficient (Wildman–Crippen LogP) is 2.39. The second-order valence-electron chi connectivity index (χ2n) is 6.58. The van der Waals surface area contributed by atoms with E-state index in [1.165, 1.54) is 25.7 Å². The van der Waals surface area contributed by atoms with Crippen LogP contribution in [0.4, 0.5) is 0 Å². The van der Waals surface area contributed by atoms with E-state index in [2.05, 4.69) is 25.7 Å². The van der Waals surface area contributed by atoms with Gasteiger partial charge in [0.1, 0.15) is 0 Å². The van der Waals surface area contributed by atoms with E-state index in [-0.39, 0.29) is 5.60 Å². The van der Waals surface area contributed by atoms with Crippen LogP contribution in [0.3, 0.4) is 0 Å². The first-order chi connectivity index (χ1) is 8.57. The van der Waals surface area contributed by atoms with Gasteiger partial charge in [0.25, 0.3) is 0 Å². The molecule has 2 fully saturated rings. The number of hydrogen-bond donors (Lipinski definition) is 1. The van der Waals surface area contributed by atoms with Gasteiger partial charge in [-0.25, -0.2) is 0 Å². The molecule has 3 atom stereocenters. The van der Waals surface area contributed by atoms with E-state index in [9.17, 15) is 0 Å². The summed E-state index contributed by atoms with van der Waals surface area (Å²) in [7, 11) is 0. The van der Waals surface area contributed by atoms with Gasteiger partial charge in [0.05, 0.1) is 5.60 Å². The van der Waals surface area contributed by atoms with Crippen LogP contribution >= 0.6 is 0 Å². The second kappa shape index (κ2) is 5.89. The molecule has 1 aliphatic heterocycles. The molecule has 1 saturated heterocycles. The minimum absolute atomic E-state index is 0.0488. The van der Waals surface area contributed by atoms with Gasteiger partial charge in [-0.05, 0) is 58.5 Å². The SMILES string of the molecule is CCN(C1CCOC(C)(C)C1)C1CCCC1CN. The number of hydrogen-bond acceptors (Lipinski definition) is 3. The Kier molecular flexibility index (Phi) is 4.68. The third-order valence-electron chi connectivity index (χ3n) is 4.85. The van der Waals surface area contributed by atoms with Gasteiger partial charge in [0.15, 0.2) is 0 Å². The van der Waals surface area contributed by atoms with Crippen LogP contribution in [0.25, 0.3) is 0 Å². The molecule has 3 nitrogen and oxygen atoms in total. The summed E-state index contributed by atoms with van der Waals surface area (Å²) in [6.07, 6.45) is 6.37. The predicted molar refractivity (Wildman–Crippen MR) is 75.6 cm³/mol. The summed E-state index contributed by atoms with van der Waals surface area (Å²) in [4.78, 5) is 2.73. The van der Waals surface area contributed by atoms with Crippen LogP contribution in [0.15, 0.2) is 0 Å². The Morgan fingerprint density at radius 2 is 2.06 bits per heavy atom. The number of nitrogens with zero attached hydrogens (tertiary/aromatic N) is 1. The molecule has 0 aromatic heterocycles. The number of nitrogens with two attached hydrogens (primary N) is 1. The van der Waals surface area contributed by atoms with Gasteiger partial charge in [-0.2, -0.15) is 0 Å². The van der Waals surface area contributed by atoms with Crippen molar-refractivity contribution < 1.29 is 4.74 Å². The molecule has 3 heteroatoms. The highest BCUT2D eigenvalue weighted by Crippen LogP contribution is 2.35. The zero-order valence-corrected chi connectivity index (χ0v) is 12.3. The maximum absolute atomic E-state index is 5.95. The van der Waals surface area contributed by atoms with Crippen molar-refractivity contribution >= 4 is 0 Å². The third-order valence-corrected chi connectivity index (χ3v) is 4.85. The van der Waals surface area contributed by atoms with Gasteiger partial charge in [-0.15, -0.1) is 0 Å². The van der Waals surface area contributed by atoms with Crippen molar-refractivity contribution in [3.63, 3.8) is 0 Å². The van der Waals surface area contributed by atoms with Crippen molar-refractivity contribution in [2.24, 2.45) is 11.7 Å². The Labute approximate surface area is 112 Å². The van der Waals surface area contributed by atoms with Gasteiger partial charge in [0, 0.05) is 18.7 Å². The lowest BCUT2D eigenvalue weighted by Gasteiger charge is -2.44. The molecule has 2 N–H and O–H groups in total. The second-order valence-corrected chi connectivity index (χ2v) is 6.58. The Morgan fingerprint density at radius 1 is 1.28 bits per heavy atom. The van der Waals surface area contributed by atoms with E-state index in [0.29, 0.717) is 6.04 Å². The first-order valence-corrected chi connectivity index (χ1v) is 7.67. The van der Waals surface area contributed by atoms with Gasteiger partial charge in [-0.3, -0.25) is 4.90 Å². The van der Waals surface area contributed by atoms with E-state index >= 15 is 0 Å². The molecular weight excluding hydrogens is 224 g/mol. The quantitative estimate of drug-likeness (QED) is 0.837. The van der Waals surface area contributed by atoms with E-state index < -0.39 is 0 Å². The fourth-order valence-electron chi connectivity index (χ4n) is 3.98. The molecule has 2 aliphatic rings. The van der Waals surface area contributed by atoms with Crippen LogP contribution in [0.5, 0.6) is 0 Å². The Bertz CT molecular complexity index is 267. The molecule has 0 bridgehead atoms. The van der Waals surface area contributed by atoms with Gasteiger partial charge in [-0.1, -0.05) is 13.3 Å². The lowest BCUT2D eigenvalue weighted by Crippen LogP contribution is -2.51. The summed E-state index contributed by atoms with van der Waals surface area (Å²) < 4.78 is 5.85. The first kappa shape index (κ1) is 14.3. The molecule has 106 valence electrons. The van der Waals surface area contributed by atoms with Crippen LogP contribution in [0.2, 0.25) is 0 Å². The van der Waals surface area contributed by atoms with Crippen LogP contribution in [-0.2, 0) is 4.74 Å². The average Bonchev–Trinajstić information content (AvgIpc) is 2.77. The molecular formula is C15H30N2O. The number of ether oxygens (including phenoxy) is 1. The highest BCUT2D eigenvalue weighted by atomic mass is 16.5. The number of rotatable bonds is 4. The monoisotopic (exact) mass is 254 g/mol. The third kappa shape index (κ3) is 3.06. The highest BCUT2D eigenvalue weighted by molar-refractivity contribution is 4.92. The van der Waals surface area contributed by atoms with Crippen molar-refractivity contribution in [3.8, 4) is 0 Å².